The number of hydrogen-bond acceptors (Lipinski definition) is 3. The summed E-state index contributed by atoms with van der Waals surface area (Å²) >= 11 is 0. The first-order valence-electron chi connectivity index (χ1n) is 7.56. The second kappa shape index (κ2) is 6.89. The molecule has 0 amide bonds. The third kappa shape index (κ3) is 4.64. The van der Waals surface area contributed by atoms with Gasteiger partial charge in [0.15, 0.2) is 0 Å². The minimum atomic E-state index is -0.101. The van der Waals surface area contributed by atoms with Gasteiger partial charge in [-0.15, -0.1) is 0 Å². The standard InChI is InChI=1S/C17H25NO2/c1-4-20-17(19)11-16(18-15-7-8-15)10-14-9-12(2)5-6-13(14)3/h5-6,9,15-16,18H,4,7-8,10-11H2,1-3H3. The van der Waals surface area contributed by atoms with E-state index in [1.807, 2.05) is 6.92 Å². The van der Waals surface area contributed by atoms with Gasteiger partial charge in [0.25, 0.3) is 0 Å². The first-order valence-corrected chi connectivity index (χ1v) is 7.56. The molecule has 3 nitrogen and oxygen atoms in total. The Morgan fingerprint density at radius 2 is 2.15 bits per heavy atom. The summed E-state index contributed by atoms with van der Waals surface area (Å²) in [5.41, 5.74) is 3.89. The van der Waals surface area contributed by atoms with Crippen LogP contribution < -0.4 is 5.32 Å². The van der Waals surface area contributed by atoms with Crippen molar-refractivity contribution in [3.63, 3.8) is 0 Å². The molecule has 0 aromatic heterocycles. The van der Waals surface area contributed by atoms with Gasteiger partial charge in [0.2, 0.25) is 0 Å². The number of nitrogens with one attached hydrogen (secondary N) is 1. The second-order valence-corrected chi connectivity index (χ2v) is 5.78. The first-order chi connectivity index (χ1) is 9.58. The van der Waals surface area contributed by atoms with E-state index < -0.39 is 0 Å². The van der Waals surface area contributed by atoms with Crippen molar-refractivity contribution in [1.82, 2.24) is 5.32 Å². The number of carbonyl (C=O) groups is 1. The Morgan fingerprint density at radius 1 is 1.40 bits per heavy atom. The molecule has 1 N–H and O–H groups in total. The highest BCUT2D eigenvalue weighted by Gasteiger charge is 2.26. The third-order valence-electron chi connectivity index (χ3n) is 3.74. The SMILES string of the molecule is CCOC(=O)CC(Cc1cc(C)ccc1C)NC1CC1. The highest BCUT2D eigenvalue weighted by Crippen LogP contribution is 2.22. The largest absolute Gasteiger partial charge is 0.466 e. The van der Waals surface area contributed by atoms with E-state index >= 15 is 0 Å². The maximum absolute atomic E-state index is 11.7. The Labute approximate surface area is 121 Å². The lowest BCUT2D eigenvalue weighted by Crippen LogP contribution is -2.35. The lowest BCUT2D eigenvalue weighted by atomic mass is 9.97. The van der Waals surface area contributed by atoms with E-state index in [1.54, 1.807) is 0 Å². The maximum atomic E-state index is 11.7. The van der Waals surface area contributed by atoms with Gasteiger partial charge in [0.05, 0.1) is 13.0 Å². The summed E-state index contributed by atoms with van der Waals surface area (Å²) in [6, 6.07) is 7.29. The molecule has 1 fully saturated rings. The molecule has 1 aromatic carbocycles. The lowest BCUT2D eigenvalue weighted by molar-refractivity contribution is -0.143. The zero-order valence-electron chi connectivity index (χ0n) is 12.7. The van der Waals surface area contributed by atoms with E-state index in [-0.39, 0.29) is 12.0 Å². The highest BCUT2D eigenvalue weighted by atomic mass is 16.5. The van der Waals surface area contributed by atoms with Crippen molar-refractivity contribution in [2.45, 2.75) is 58.5 Å². The molecular weight excluding hydrogens is 250 g/mol. The average Bonchev–Trinajstić information content (AvgIpc) is 3.18. The van der Waals surface area contributed by atoms with Crippen LogP contribution in [-0.4, -0.2) is 24.7 Å². The molecule has 3 heteroatoms. The van der Waals surface area contributed by atoms with Crippen LogP contribution in [0.2, 0.25) is 0 Å². The molecule has 1 aromatic rings. The molecule has 1 unspecified atom stereocenters. The van der Waals surface area contributed by atoms with Gasteiger partial charge in [-0.05, 0) is 51.2 Å². The summed E-state index contributed by atoms with van der Waals surface area (Å²) in [6.07, 6.45) is 3.80. The average molecular weight is 275 g/mol. The van der Waals surface area contributed by atoms with Gasteiger partial charge in [0, 0.05) is 12.1 Å². The van der Waals surface area contributed by atoms with Gasteiger partial charge in [-0.1, -0.05) is 23.8 Å². The second-order valence-electron chi connectivity index (χ2n) is 5.78. The van der Waals surface area contributed by atoms with Crippen LogP contribution in [0.4, 0.5) is 0 Å². The van der Waals surface area contributed by atoms with Crippen molar-refractivity contribution in [2.24, 2.45) is 0 Å². The monoisotopic (exact) mass is 275 g/mol. The van der Waals surface area contributed by atoms with Crippen molar-refractivity contribution in [3.8, 4) is 0 Å². The summed E-state index contributed by atoms with van der Waals surface area (Å²) < 4.78 is 5.09. The molecule has 110 valence electrons. The van der Waals surface area contributed by atoms with E-state index in [9.17, 15) is 4.79 Å². The highest BCUT2D eigenvalue weighted by molar-refractivity contribution is 5.70. The molecule has 20 heavy (non-hydrogen) atoms. The van der Waals surface area contributed by atoms with Crippen LogP contribution in [0.5, 0.6) is 0 Å². The smallest absolute Gasteiger partial charge is 0.307 e. The number of esters is 1. The topological polar surface area (TPSA) is 38.3 Å². The molecule has 1 aliphatic carbocycles. The lowest BCUT2D eigenvalue weighted by Gasteiger charge is -2.19. The molecule has 2 rings (SSSR count). The van der Waals surface area contributed by atoms with Crippen molar-refractivity contribution < 1.29 is 9.53 Å². The Morgan fingerprint density at radius 3 is 2.80 bits per heavy atom. The minimum Gasteiger partial charge on any atom is -0.466 e. The van der Waals surface area contributed by atoms with Crippen molar-refractivity contribution in [2.75, 3.05) is 6.61 Å². The fraction of sp³-hybridized carbons (Fsp3) is 0.588. The molecule has 0 heterocycles. The van der Waals surface area contributed by atoms with Crippen LogP contribution in [-0.2, 0) is 16.0 Å². The number of benzene rings is 1. The normalized spacial score (nSPS) is 15.9. The molecule has 0 radical (unpaired) electrons. The van der Waals surface area contributed by atoms with E-state index in [4.69, 9.17) is 4.74 Å². The van der Waals surface area contributed by atoms with Gasteiger partial charge < -0.3 is 10.1 Å². The van der Waals surface area contributed by atoms with Crippen LogP contribution in [0.1, 0.15) is 42.9 Å². The van der Waals surface area contributed by atoms with Gasteiger partial charge in [-0.2, -0.15) is 0 Å². The summed E-state index contributed by atoms with van der Waals surface area (Å²) in [5, 5.41) is 3.57. The van der Waals surface area contributed by atoms with Crippen LogP contribution >= 0.6 is 0 Å². The predicted octanol–water partition coefficient (Wildman–Crippen LogP) is 2.92. The molecule has 0 bridgehead atoms. The Balaban J connectivity index is 2.01. The van der Waals surface area contributed by atoms with E-state index in [1.165, 1.54) is 29.5 Å². The zero-order chi connectivity index (χ0) is 14.5. The maximum Gasteiger partial charge on any atom is 0.307 e. The summed E-state index contributed by atoms with van der Waals surface area (Å²) in [6.45, 7) is 6.55. The first kappa shape index (κ1) is 15.0. The Bertz CT molecular complexity index is 466. The molecule has 1 atom stereocenters. The number of rotatable bonds is 7. The van der Waals surface area contributed by atoms with E-state index in [2.05, 4.69) is 37.4 Å². The van der Waals surface area contributed by atoms with Gasteiger partial charge in [-0.3, -0.25) is 4.79 Å². The number of carbonyl (C=O) groups excluding carboxylic acids is 1. The van der Waals surface area contributed by atoms with Crippen molar-refractivity contribution in [3.05, 3.63) is 34.9 Å². The molecule has 1 aliphatic rings. The van der Waals surface area contributed by atoms with Crippen molar-refractivity contribution >= 4 is 5.97 Å². The third-order valence-corrected chi connectivity index (χ3v) is 3.74. The molecule has 0 aliphatic heterocycles. The van der Waals surface area contributed by atoms with Crippen LogP contribution in [0.25, 0.3) is 0 Å². The molecule has 0 saturated heterocycles. The van der Waals surface area contributed by atoms with Gasteiger partial charge in [0.1, 0.15) is 0 Å². The quantitative estimate of drug-likeness (QED) is 0.778. The number of ether oxygens (including phenoxy) is 1. The minimum absolute atomic E-state index is 0.101. The molecule has 0 spiro atoms. The van der Waals surface area contributed by atoms with Crippen molar-refractivity contribution in [1.29, 1.82) is 0 Å². The Hall–Kier alpha value is -1.35. The summed E-state index contributed by atoms with van der Waals surface area (Å²) in [5.74, 6) is -0.101. The van der Waals surface area contributed by atoms with Crippen LogP contribution in [0, 0.1) is 13.8 Å². The Kier molecular flexibility index (Phi) is 5.18. The molecular formula is C17H25NO2. The predicted molar refractivity (Wildman–Crippen MR) is 80.8 cm³/mol. The fourth-order valence-electron chi connectivity index (χ4n) is 2.48. The zero-order valence-corrected chi connectivity index (χ0v) is 12.7. The van der Waals surface area contributed by atoms with E-state index in [0.717, 1.165) is 6.42 Å². The number of aryl methyl sites for hydroxylation is 2. The van der Waals surface area contributed by atoms with Crippen LogP contribution in [0.15, 0.2) is 18.2 Å². The summed E-state index contributed by atoms with van der Waals surface area (Å²) in [7, 11) is 0. The van der Waals surface area contributed by atoms with Gasteiger partial charge in [-0.25, -0.2) is 0 Å². The number of hydrogen-bond donors (Lipinski definition) is 1. The van der Waals surface area contributed by atoms with Crippen LogP contribution in [0.3, 0.4) is 0 Å². The molecule has 1 saturated carbocycles. The van der Waals surface area contributed by atoms with Gasteiger partial charge >= 0.3 is 5.97 Å². The fourth-order valence-corrected chi connectivity index (χ4v) is 2.48. The summed E-state index contributed by atoms with van der Waals surface area (Å²) in [4.78, 5) is 11.7. The van der Waals surface area contributed by atoms with E-state index in [0.29, 0.717) is 19.1 Å².